The Morgan fingerprint density at radius 1 is 0.923 bits per heavy atom. The Labute approximate surface area is 235 Å². The van der Waals surface area contributed by atoms with Gasteiger partial charge in [0.2, 0.25) is 11.8 Å². The molecule has 1 saturated heterocycles. The Morgan fingerprint density at radius 3 is 2.33 bits per heavy atom. The number of imide groups is 1. The van der Waals surface area contributed by atoms with Gasteiger partial charge in [-0.3, -0.25) is 19.3 Å². The quantitative estimate of drug-likeness (QED) is 0.284. The lowest BCUT2D eigenvalue weighted by Crippen LogP contribution is -2.31. The summed E-state index contributed by atoms with van der Waals surface area (Å²) in [6, 6.07) is 20.0. The third-order valence-corrected chi connectivity index (χ3v) is 8.84. The van der Waals surface area contributed by atoms with Crippen molar-refractivity contribution < 1.29 is 23.9 Å². The molecule has 1 saturated carbocycles. The molecule has 3 atom stereocenters. The maximum absolute atomic E-state index is 13.4. The van der Waals surface area contributed by atoms with Gasteiger partial charge in [0.25, 0.3) is 5.91 Å². The number of hydrogen-bond acceptors (Lipinski definition) is 5. The first kappa shape index (κ1) is 26.8. The molecule has 0 bridgehead atoms. The van der Waals surface area contributed by atoms with Crippen molar-refractivity contribution in [2.45, 2.75) is 39.0 Å². The van der Waals surface area contributed by atoms with Gasteiger partial charge in [0.05, 0.1) is 23.1 Å². The second kappa shape index (κ2) is 11.1. The first-order valence-corrected chi connectivity index (χ1v) is 13.8. The molecular weight excluding hydrogens is 560 g/mol. The number of amides is 3. The van der Waals surface area contributed by atoms with E-state index in [1.54, 1.807) is 12.1 Å². The van der Waals surface area contributed by atoms with Crippen LogP contribution < -0.4 is 10.2 Å². The number of carbonyl (C=O) groups excluding carboxylic acids is 4. The van der Waals surface area contributed by atoms with Crippen molar-refractivity contribution in [3.8, 4) is 0 Å². The fourth-order valence-electron chi connectivity index (χ4n) is 5.66. The zero-order valence-electron chi connectivity index (χ0n) is 21.8. The Balaban J connectivity index is 1.24. The van der Waals surface area contributed by atoms with E-state index in [0.717, 1.165) is 22.0 Å². The molecule has 5 rings (SSSR count). The highest BCUT2D eigenvalue weighted by Gasteiger charge is 2.50. The van der Waals surface area contributed by atoms with Crippen LogP contribution in [-0.2, 0) is 19.1 Å². The van der Waals surface area contributed by atoms with E-state index in [2.05, 4.69) is 33.4 Å². The molecule has 39 heavy (non-hydrogen) atoms. The van der Waals surface area contributed by atoms with E-state index in [0.29, 0.717) is 24.2 Å². The number of rotatable bonds is 6. The molecule has 0 unspecified atom stereocenters. The van der Waals surface area contributed by atoms with Crippen molar-refractivity contribution in [3.63, 3.8) is 0 Å². The summed E-state index contributed by atoms with van der Waals surface area (Å²) in [4.78, 5) is 53.0. The van der Waals surface area contributed by atoms with Gasteiger partial charge in [0, 0.05) is 10.2 Å². The number of hydrogen-bond donors (Lipinski definition) is 1. The van der Waals surface area contributed by atoms with Crippen LogP contribution in [0.5, 0.6) is 0 Å². The smallest absolute Gasteiger partial charge is 0.338 e. The van der Waals surface area contributed by atoms with Gasteiger partial charge in [-0.15, -0.1) is 0 Å². The molecule has 1 aliphatic carbocycles. The van der Waals surface area contributed by atoms with Gasteiger partial charge in [0.15, 0.2) is 6.61 Å². The lowest BCUT2D eigenvalue weighted by atomic mass is 9.73. The predicted molar refractivity (Wildman–Crippen MR) is 151 cm³/mol. The maximum atomic E-state index is 13.4. The summed E-state index contributed by atoms with van der Waals surface area (Å²) in [5.74, 6) is -2.11. The number of fused-ring (bicyclic) bond motifs is 1. The van der Waals surface area contributed by atoms with E-state index in [4.69, 9.17) is 4.74 Å². The number of carbonyl (C=O) groups is 4. The van der Waals surface area contributed by atoms with Crippen LogP contribution in [0.2, 0.25) is 0 Å². The summed E-state index contributed by atoms with van der Waals surface area (Å²) in [5, 5.41) is 2.73. The molecule has 2 aliphatic rings. The van der Waals surface area contributed by atoms with Crippen molar-refractivity contribution in [1.82, 2.24) is 0 Å². The van der Waals surface area contributed by atoms with Crippen LogP contribution >= 0.6 is 15.9 Å². The van der Waals surface area contributed by atoms with Gasteiger partial charge in [-0.25, -0.2) is 4.79 Å². The summed E-state index contributed by atoms with van der Waals surface area (Å²) >= 11 is 3.49. The van der Waals surface area contributed by atoms with E-state index >= 15 is 0 Å². The van der Waals surface area contributed by atoms with Gasteiger partial charge < -0.3 is 10.1 Å². The normalized spacial score (nSPS) is 20.5. The Kier molecular flexibility index (Phi) is 7.66. The highest BCUT2D eigenvalue weighted by molar-refractivity contribution is 9.10. The lowest BCUT2D eigenvalue weighted by Gasteiger charge is -2.28. The lowest BCUT2D eigenvalue weighted by molar-refractivity contribution is -0.122. The zero-order chi connectivity index (χ0) is 27.7. The zero-order valence-corrected chi connectivity index (χ0v) is 23.4. The number of benzene rings is 3. The molecule has 0 radical (unpaired) electrons. The third-order valence-electron chi connectivity index (χ3n) is 7.59. The second-order valence-corrected chi connectivity index (χ2v) is 11.0. The number of esters is 1. The number of nitrogens with zero attached hydrogens (tertiary/aromatic N) is 1. The largest absolute Gasteiger partial charge is 0.452 e. The van der Waals surface area contributed by atoms with Gasteiger partial charge >= 0.3 is 5.97 Å². The second-order valence-electron chi connectivity index (χ2n) is 10.2. The SMILES string of the molecule is Cc1cc(NC(=O)COC(=O)c2cccc(N3C(=O)[C@H]4C[C@H](c5ccccc5)CC[C@H]4C3=O)c2)cc(C)c1Br. The first-order chi connectivity index (χ1) is 18.7. The Bertz CT molecular complexity index is 1430. The molecule has 3 aromatic carbocycles. The average molecular weight is 589 g/mol. The van der Waals surface area contributed by atoms with E-state index < -0.39 is 18.5 Å². The van der Waals surface area contributed by atoms with Crippen LogP contribution in [-0.4, -0.2) is 30.3 Å². The maximum Gasteiger partial charge on any atom is 0.338 e. The molecule has 200 valence electrons. The first-order valence-electron chi connectivity index (χ1n) is 13.0. The van der Waals surface area contributed by atoms with Crippen molar-refractivity contribution in [2.24, 2.45) is 11.8 Å². The summed E-state index contributed by atoms with van der Waals surface area (Å²) in [6.45, 7) is 3.38. The molecule has 3 aromatic rings. The van der Waals surface area contributed by atoms with Gasteiger partial charge in [0.1, 0.15) is 0 Å². The Morgan fingerprint density at radius 2 is 1.62 bits per heavy atom. The number of halogens is 1. The molecule has 1 aliphatic heterocycles. The predicted octanol–water partition coefficient (Wildman–Crippen LogP) is 5.93. The molecule has 0 aromatic heterocycles. The number of nitrogens with one attached hydrogen (secondary N) is 1. The van der Waals surface area contributed by atoms with Gasteiger partial charge in [-0.2, -0.15) is 0 Å². The highest BCUT2D eigenvalue weighted by atomic mass is 79.9. The van der Waals surface area contributed by atoms with E-state index in [-0.39, 0.29) is 35.1 Å². The standard InChI is InChI=1S/C31H29BrN2O5/c1-18-13-23(14-19(2)28(18)32)33-27(35)17-39-31(38)22-9-6-10-24(15-22)34-29(36)25-12-11-21(16-26(25)30(34)37)20-7-4-3-5-8-20/h3-10,13-15,21,25-26H,11-12,16-17H2,1-2H3,(H,33,35)/t21-,25-,26+/m1/s1. The molecule has 1 heterocycles. The van der Waals surface area contributed by atoms with Crippen LogP contribution in [0.4, 0.5) is 11.4 Å². The molecular formula is C31H29BrN2O5. The molecule has 2 fully saturated rings. The van der Waals surface area contributed by atoms with Crippen molar-refractivity contribution in [3.05, 3.63) is 93.5 Å². The minimum atomic E-state index is -0.712. The Hall–Kier alpha value is -3.78. The third kappa shape index (κ3) is 5.52. The van der Waals surface area contributed by atoms with Crippen molar-refractivity contribution >= 4 is 51.0 Å². The average Bonchev–Trinajstić information content (AvgIpc) is 3.19. The van der Waals surface area contributed by atoms with Crippen LogP contribution in [0.15, 0.2) is 71.2 Å². The number of aryl methyl sites for hydroxylation is 2. The monoisotopic (exact) mass is 588 g/mol. The molecule has 8 heteroatoms. The molecule has 3 amide bonds. The molecule has 7 nitrogen and oxygen atoms in total. The van der Waals surface area contributed by atoms with Crippen molar-refractivity contribution in [2.75, 3.05) is 16.8 Å². The highest BCUT2D eigenvalue weighted by Crippen LogP contribution is 2.45. The van der Waals surface area contributed by atoms with E-state index in [9.17, 15) is 19.2 Å². The minimum absolute atomic E-state index is 0.160. The summed E-state index contributed by atoms with van der Waals surface area (Å²) < 4.78 is 6.20. The van der Waals surface area contributed by atoms with Crippen LogP contribution in [0.3, 0.4) is 0 Å². The topological polar surface area (TPSA) is 92.8 Å². The fourth-order valence-corrected chi connectivity index (χ4v) is 5.89. The fraction of sp³-hybridized carbons (Fsp3) is 0.290. The molecule has 0 spiro atoms. The number of ether oxygens (including phenoxy) is 1. The molecule has 1 N–H and O–H groups in total. The van der Waals surface area contributed by atoms with Crippen LogP contribution in [0, 0.1) is 25.7 Å². The minimum Gasteiger partial charge on any atom is -0.452 e. The van der Waals surface area contributed by atoms with Gasteiger partial charge in [-0.05, 0) is 86.1 Å². The summed E-state index contributed by atoms with van der Waals surface area (Å²) in [5.41, 5.74) is 4.25. The van der Waals surface area contributed by atoms with Crippen LogP contribution in [0.1, 0.15) is 52.2 Å². The van der Waals surface area contributed by atoms with Crippen LogP contribution in [0.25, 0.3) is 0 Å². The summed E-state index contributed by atoms with van der Waals surface area (Å²) in [7, 11) is 0. The number of anilines is 2. The van der Waals surface area contributed by atoms with Crippen molar-refractivity contribution in [1.29, 1.82) is 0 Å². The van der Waals surface area contributed by atoms with E-state index in [1.807, 2.05) is 44.2 Å². The van der Waals surface area contributed by atoms with Gasteiger partial charge in [-0.1, -0.05) is 52.3 Å². The van der Waals surface area contributed by atoms with E-state index in [1.165, 1.54) is 22.6 Å². The summed E-state index contributed by atoms with van der Waals surface area (Å²) in [6.07, 6.45) is 2.13.